The van der Waals surface area contributed by atoms with Crippen molar-refractivity contribution in [2.45, 2.75) is 59.5 Å². The van der Waals surface area contributed by atoms with Gasteiger partial charge in [-0.25, -0.2) is 0 Å². The molecule has 0 aromatic rings. The molecule has 5 nitrogen and oxygen atoms in total. The molecule has 0 aromatic heterocycles. The van der Waals surface area contributed by atoms with Crippen molar-refractivity contribution in [3.63, 3.8) is 0 Å². The van der Waals surface area contributed by atoms with E-state index in [-0.39, 0.29) is 29.9 Å². The van der Waals surface area contributed by atoms with Crippen LogP contribution in [0.1, 0.15) is 48.0 Å². The van der Waals surface area contributed by atoms with E-state index in [9.17, 15) is 9.59 Å². The van der Waals surface area contributed by atoms with E-state index in [4.69, 9.17) is 0 Å². The molecule has 0 unspecified atom stereocenters. The van der Waals surface area contributed by atoms with Crippen molar-refractivity contribution < 1.29 is 9.59 Å². The Balaban J connectivity index is 4.14. The standard InChI is InChI=1S/C14H29N3O2/c1-7-17(10-12(18)16-11(2)3)13(19)8-9-15-14(4,5)6/h11,15H,7-10H2,1-6H3,(H,16,18). The van der Waals surface area contributed by atoms with Crippen LogP contribution in [0, 0.1) is 0 Å². The Morgan fingerprint density at radius 1 is 1.21 bits per heavy atom. The van der Waals surface area contributed by atoms with Crippen LogP contribution in [0.3, 0.4) is 0 Å². The molecule has 5 heteroatoms. The third-order valence-electron chi connectivity index (χ3n) is 2.51. The van der Waals surface area contributed by atoms with Gasteiger partial charge in [-0.15, -0.1) is 0 Å². The van der Waals surface area contributed by atoms with Crippen LogP contribution in [0.5, 0.6) is 0 Å². The fourth-order valence-corrected chi connectivity index (χ4v) is 1.62. The second kappa shape index (κ2) is 8.15. The Morgan fingerprint density at radius 3 is 2.21 bits per heavy atom. The SMILES string of the molecule is CCN(CC(=O)NC(C)C)C(=O)CCNC(C)(C)C. The van der Waals surface area contributed by atoms with Gasteiger partial charge in [-0.1, -0.05) is 0 Å². The second-order valence-electron chi connectivity index (χ2n) is 6.06. The van der Waals surface area contributed by atoms with Crippen molar-refractivity contribution in [1.82, 2.24) is 15.5 Å². The number of amides is 2. The largest absolute Gasteiger partial charge is 0.352 e. The Labute approximate surface area is 117 Å². The lowest BCUT2D eigenvalue weighted by atomic mass is 10.1. The summed E-state index contributed by atoms with van der Waals surface area (Å²) >= 11 is 0. The van der Waals surface area contributed by atoms with Crippen LogP contribution in [0.2, 0.25) is 0 Å². The highest BCUT2D eigenvalue weighted by atomic mass is 16.2. The molecule has 0 aromatic carbocycles. The topological polar surface area (TPSA) is 61.4 Å². The van der Waals surface area contributed by atoms with Crippen LogP contribution in [0.15, 0.2) is 0 Å². The number of nitrogens with zero attached hydrogens (tertiary/aromatic N) is 1. The molecule has 0 saturated heterocycles. The summed E-state index contributed by atoms with van der Waals surface area (Å²) < 4.78 is 0. The summed E-state index contributed by atoms with van der Waals surface area (Å²) in [7, 11) is 0. The third-order valence-corrected chi connectivity index (χ3v) is 2.51. The molecule has 0 aliphatic carbocycles. The van der Waals surface area contributed by atoms with Gasteiger partial charge in [-0.2, -0.15) is 0 Å². The van der Waals surface area contributed by atoms with Crippen molar-refractivity contribution in [3.05, 3.63) is 0 Å². The first-order valence-electron chi connectivity index (χ1n) is 6.98. The molecule has 0 aliphatic rings. The lowest BCUT2D eigenvalue weighted by Crippen LogP contribution is -2.44. The summed E-state index contributed by atoms with van der Waals surface area (Å²) in [6, 6.07) is 0.101. The van der Waals surface area contributed by atoms with E-state index in [2.05, 4.69) is 31.4 Å². The van der Waals surface area contributed by atoms with Crippen molar-refractivity contribution in [2.75, 3.05) is 19.6 Å². The molecule has 0 aliphatic heterocycles. The van der Waals surface area contributed by atoms with Crippen LogP contribution in [-0.4, -0.2) is 47.9 Å². The molecule has 0 rings (SSSR count). The fraction of sp³-hybridized carbons (Fsp3) is 0.857. The van der Waals surface area contributed by atoms with Crippen LogP contribution in [0.25, 0.3) is 0 Å². The highest BCUT2D eigenvalue weighted by Gasteiger charge is 2.16. The first-order valence-corrected chi connectivity index (χ1v) is 6.98. The predicted octanol–water partition coefficient (Wildman–Crippen LogP) is 1.14. The number of carbonyl (C=O) groups excluding carboxylic acids is 2. The maximum Gasteiger partial charge on any atom is 0.239 e. The van der Waals surface area contributed by atoms with E-state index in [0.717, 1.165) is 0 Å². The Hall–Kier alpha value is -1.10. The normalized spacial score (nSPS) is 11.5. The van der Waals surface area contributed by atoms with Gasteiger partial charge in [0, 0.05) is 31.1 Å². The Morgan fingerprint density at radius 2 is 1.79 bits per heavy atom. The maximum atomic E-state index is 12.0. The van der Waals surface area contributed by atoms with Gasteiger partial charge >= 0.3 is 0 Å². The minimum Gasteiger partial charge on any atom is -0.352 e. The molecule has 112 valence electrons. The van der Waals surface area contributed by atoms with Gasteiger partial charge < -0.3 is 15.5 Å². The van der Waals surface area contributed by atoms with E-state index in [1.165, 1.54) is 0 Å². The minimum absolute atomic E-state index is 0.00629. The van der Waals surface area contributed by atoms with Crippen LogP contribution >= 0.6 is 0 Å². The first-order chi connectivity index (χ1) is 8.65. The number of hydrogen-bond acceptors (Lipinski definition) is 3. The summed E-state index contributed by atoms with van der Waals surface area (Å²) in [6.07, 6.45) is 0.417. The molecule has 2 amide bonds. The highest BCUT2D eigenvalue weighted by Crippen LogP contribution is 2.00. The van der Waals surface area contributed by atoms with Gasteiger partial charge in [0.15, 0.2) is 0 Å². The molecular formula is C14H29N3O2. The van der Waals surface area contributed by atoms with Crippen LogP contribution in [0.4, 0.5) is 0 Å². The number of rotatable bonds is 7. The van der Waals surface area contributed by atoms with Gasteiger partial charge in [-0.3, -0.25) is 9.59 Å². The van der Waals surface area contributed by atoms with Crippen molar-refractivity contribution in [1.29, 1.82) is 0 Å². The predicted molar refractivity (Wildman–Crippen MR) is 77.9 cm³/mol. The molecule has 0 heterocycles. The molecule has 19 heavy (non-hydrogen) atoms. The quantitative estimate of drug-likeness (QED) is 0.730. The fourth-order valence-electron chi connectivity index (χ4n) is 1.62. The molecule has 0 fully saturated rings. The van der Waals surface area contributed by atoms with Gasteiger partial charge in [0.25, 0.3) is 0 Å². The lowest BCUT2D eigenvalue weighted by molar-refractivity contribution is -0.136. The Bertz CT molecular complexity index is 296. The second-order valence-corrected chi connectivity index (χ2v) is 6.06. The summed E-state index contributed by atoms with van der Waals surface area (Å²) in [4.78, 5) is 25.2. The molecule has 0 spiro atoms. The molecule has 2 N–H and O–H groups in total. The van der Waals surface area contributed by atoms with Crippen molar-refractivity contribution in [2.24, 2.45) is 0 Å². The van der Waals surface area contributed by atoms with Crippen LogP contribution < -0.4 is 10.6 Å². The zero-order chi connectivity index (χ0) is 15.1. The average molecular weight is 271 g/mol. The first kappa shape index (κ1) is 17.9. The summed E-state index contributed by atoms with van der Waals surface area (Å²) in [5.41, 5.74) is 0.00629. The highest BCUT2D eigenvalue weighted by molar-refractivity contribution is 5.84. The summed E-state index contributed by atoms with van der Waals surface area (Å²) in [6.45, 7) is 13.2. The number of nitrogens with one attached hydrogen (secondary N) is 2. The van der Waals surface area contributed by atoms with E-state index >= 15 is 0 Å². The van der Waals surface area contributed by atoms with Gasteiger partial charge in [-0.05, 0) is 41.5 Å². The van der Waals surface area contributed by atoms with Gasteiger partial charge in [0.05, 0.1) is 6.54 Å². The zero-order valence-corrected chi connectivity index (χ0v) is 13.2. The van der Waals surface area contributed by atoms with E-state index in [1.807, 2.05) is 20.8 Å². The molecule has 0 radical (unpaired) electrons. The number of likely N-dealkylation sites (N-methyl/N-ethyl adjacent to an activating group) is 1. The Kier molecular flexibility index (Phi) is 7.68. The summed E-state index contributed by atoms with van der Waals surface area (Å²) in [5, 5.41) is 6.06. The van der Waals surface area contributed by atoms with Crippen molar-refractivity contribution in [3.8, 4) is 0 Å². The molecule has 0 atom stereocenters. The molecule has 0 bridgehead atoms. The average Bonchev–Trinajstić information content (AvgIpc) is 2.22. The van der Waals surface area contributed by atoms with E-state index in [0.29, 0.717) is 19.5 Å². The summed E-state index contributed by atoms with van der Waals surface area (Å²) in [5.74, 6) is -0.0906. The smallest absolute Gasteiger partial charge is 0.239 e. The third kappa shape index (κ3) is 9.47. The van der Waals surface area contributed by atoms with Crippen molar-refractivity contribution >= 4 is 11.8 Å². The maximum absolute atomic E-state index is 12.0. The minimum atomic E-state index is -0.103. The lowest BCUT2D eigenvalue weighted by Gasteiger charge is -2.23. The van der Waals surface area contributed by atoms with Crippen LogP contribution in [-0.2, 0) is 9.59 Å². The number of hydrogen-bond donors (Lipinski definition) is 2. The number of carbonyl (C=O) groups is 2. The zero-order valence-electron chi connectivity index (χ0n) is 13.2. The van der Waals surface area contributed by atoms with Gasteiger partial charge in [0.1, 0.15) is 0 Å². The molecular weight excluding hydrogens is 242 g/mol. The molecule has 0 saturated carbocycles. The van der Waals surface area contributed by atoms with E-state index < -0.39 is 0 Å². The monoisotopic (exact) mass is 271 g/mol. The van der Waals surface area contributed by atoms with Gasteiger partial charge in [0.2, 0.25) is 11.8 Å². The van der Waals surface area contributed by atoms with E-state index in [1.54, 1.807) is 4.90 Å².